The second-order valence-corrected chi connectivity index (χ2v) is 5.19. The van der Waals surface area contributed by atoms with E-state index >= 15 is 0 Å². The maximum Gasteiger partial charge on any atom is 0.389 e. The van der Waals surface area contributed by atoms with Gasteiger partial charge in [0.25, 0.3) is 0 Å². The van der Waals surface area contributed by atoms with Crippen molar-refractivity contribution in [1.82, 2.24) is 10.6 Å². The number of hydrogen-bond donors (Lipinski definition) is 2. The molecule has 1 aromatic rings. The highest BCUT2D eigenvalue weighted by Crippen LogP contribution is 2.21. The van der Waals surface area contributed by atoms with Gasteiger partial charge in [0.05, 0.1) is 6.54 Å². The monoisotopic (exact) mass is 335 g/mol. The van der Waals surface area contributed by atoms with Gasteiger partial charge in [-0.3, -0.25) is 0 Å². The summed E-state index contributed by atoms with van der Waals surface area (Å²) in [6, 6.07) is 7.41. The molecular formula is C15H21ClF3N3. The van der Waals surface area contributed by atoms with E-state index in [2.05, 4.69) is 15.6 Å². The zero-order valence-corrected chi connectivity index (χ0v) is 13.3. The molecule has 0 fully saturated rings. The van der Waals surface area contributed by atoms with Crippen LogP contribution in [0, 0.1) is 0 Å². The molecule has 3 nitrogen and oxygen atoms in total. The first-order chi connectivity index (χ1) is 10.4. The van der Waals surface area contributed by atoms with E-state index in [4.69, 9.17) is 11.6 Å². The van der Waals surface area contributed by atoms with E-state index in [1.54, 1.807) is 6.07 Å². The normalized spacial score (nSPS) is 12.3. The van der Waals surface area contributed by atoms with Gasteiger partial charge in [0.2, 0.25) is 0 Å². The summed E-state index contributed by atoms with van der Waals surface area (Å²) in [5.41, 5.74) is 0.901. The van der Waals surface area contributed by atoms with Gasteiger partial charge in [-0.1, -0.05) is 29.8 Å². The van der Waals surface area contributed by atoms with Crippen LogP contribution in [0.3, 0.4) is 0 Å². The average Bonchev–Trinajstić information content (AvgIpc) is 2.44. The van der Waals surface area contributed by atoms with Crippen LogP contribution in [0.1, 0.15) is 31.7 Å². The molecule has 1 rings (SSSR count). The third-order valence-corrected chi connectivity index (χ3v) is 3.26. The van der Waals surface area contributed by atoms with E-state index in [0.29, 0.717) is 37.0 Å². The molecule has 1 aromatic carbocycles. The maximum absolute atomic E-state index is 12.0. The summed E-state index contributed by atoms with van der Waals surface area (Å²) in [6.07, 6.45) is -4.28. The molecule has 0 heterocycles. The quantitative estimate of drug-likeness (QED) is 0.446. The van der Waals surface area contributed by atoms with Crippen molar-refractivity contribution < 1.29 is 13.2 Å². The van der Waals surface area contributed by atoms with Crippen LogP contribution in [0.5, 0.6) is 0 Å². The largest absolute Gasteiger partial charge is 0.389 e. The highest BCUT2D eigenvalue weighted by atomic mass is 35.5. The highest BCUT2D eigenvalue weighted by molar-refractivity contribution is 6.31. The Bertz CT molecular complexity index is 475. The Hall–Kier alpha value is -1.43. The van der Waals surface area contributed by atoms with Crippen molar-refractivity contribution >= 4 is 17.6 Å². The number of halogens is 4. The number of nitrogens with zero attached hydrogens (tertiary/aromatic N) is 1. The van der Waals surface area contributed by atoms with E-state index in [9.17, 15) is 13.2 Å². The first-order valence-electron chi connectivity index (χ1n) is 7.24. The molecule has 0 aliphatic carbocycles. The summed E-state index contributed by atoms with van der Waals surface area (Å²) in [5.74, 6) is 0.578. The van der Waals surface area contributed by atoms with Gasteiger partial charge in [0, 0.05) is 24.5 Å². The summed E-state index contributed by atoms with van der Waals surface area (Å²) in [6.45, 7) is 3.47. The molecule has 0 aliphatic heterocycles. The Morgan fingerprint density at radius 1 is 1.18 bits per heavy atom. The Kier molecular flexibility index (Phi) is 8.09. The Morgan fingerprint density at radius 3 is 2.55 bits per heavy atom. The third kappa shape index (κ3) is 8.12. The Labute approximate surface area is 134 Å². The van der Waals surface area contributed by atoms with Crippen molar-refractivity contribution in [2.75, 3.05) is 13.1 Å². The summed E-state index contributed by atoms with van der Waals surface area (Å²) in [5, 5.41) is 6.72. The fourth-order valence-corrected chi connectivity index (χ4v) is 1.99. The number of hydrogen-bond acceptors (Lipinski definition) is 1. The van der Waals surface area contributed by atoms with E-state index in [1.165, 1.54) is 0 Å². The van der Waals surface area contributed by atoms with Gasteiger partial charge in [-0.2, -0.15) is 13.2 Å². The first kappa shape index (κ1) is 18.6. The van der Waals surface area contributed by atoms with Crippen LogP contribution in [-0.4, -0.2) is 25.2 Å². The predicted molar refractivity (Wildman–Crippen MR) is 84.2 cm³/mol. The minimum atomic E-state index is -4.08. The van der Waals surface area contributed by atoms with E-state index < -0.39 is 12.6 Å². The third-order valence-electron chi connectivity index (χ3n) is 2.89. The first-order valence-corrected chi connectivity index (χ1v) is 7.62. The molecule has 0 unspecified atom stereocenters. The number of benzene rings is 1. The number of unbranched alkanes of at least 4 members (excludes halogenated alkanes) is 1. The van der Waals surface area contributed by atoms with Crippen LogP contribution in [0.25, 0.3) is 0 Å². The molecule has 0 atom stereocenters. The highest BCUT2D eigenvalue weighted by Gasteiger charge is 2.25. The van der Waals surface area contributed by atoms with Crippen LogP contribution in [0.2, 0.25) is 5.02 Å². The van der Waals surface area contributed by atoms with Crippen molar-refractivity contribution in [1.29, 1.82) is 0 Å². The van der Waals surface area contributed by atoms with Gasteiger partial charge in [-0.25, -0.2) is 4.99 Å². The Balaban J connectivity index is 2.41. The van der Waals surface area contributed by atoms with Gasteiger partial charge in [0.15, 0.2) is 5.96 Å². The fraction of sp³-hybridized carbons (Fsp3) is 0.533. The lowest BCUT2D eigenvalue weighted by molar-refractivity contribution is -0.135. The summed E-state index contributed by atoms with van der Waals surface area (Å²) in [7, 11) is 0. The predicted octanol–water partition coefficient (Wildman–Crippen LogP) is 4.13. The SMILES string of the molecule is CCNC(=NCc1ccccc1Cl)NCCCCC(F)(F)F. The van der Waals surface area contributed by atoms with Crippen LogP contribution in [0.15, 0.2) is 29.3 Å². The molecule has 0 aliphatic rings. The standard InChI is InChI=1S/C15H21ClF3N3/c1-2-20-14(21-10-6-5-9-15(17,18)19)22-11-12-7-3-4-8-13(12)16/h3-4,7-8H,2,5-6,9-11H2,1H3,(H2,20,21,22). The average molecular weight is 336 g/mol. The molecule has 0 saturated carbocycles. The zero-order valence-electron chi connectivity index (χ0n) is 12.5. The molecule has 0 aromatic heterocycles. The number of nitrogens with one attached hydrogen (secondary N) is 2. The van der Waals surface area contributed by atoms with Crippen LogP contribution < -0.4 is 10.6 Å². The molecule has 22 heavy (non-hydrogen) atoms. The lowest BCUT2D eigenvalue weighted by Gasteiger charge is -2.12. The summed E-state index contributed by atoms with van der Waals surface area (Å²) < 4.78 is 36.1. The van der Waals surface area contributed by atoms with Crippen molar-refractivity contribution in [2.24, 2.45) is 4.99 Å². The molecule has 2 N–H and O–H groups in total. The second kappa shape index (κ2) is 9.56. The zero-order chi connectivity index (χ0) is 16.4. The van der Waals surface area contributed by atoms with Crippen LogP contribution in [-0.2, 0) is 6.54 Å². The van der Waals surface area contributed by atoms with Crippen molar-refractivity contribution in [2.45, 2.75) is 38.9 Å². The molecule has 0 radical (unpaired) electrons. The van der Waals surface area contributed by atoms with Gasteiger partial charge < -0.3 is 10.6 Å². The van der Waals surface area contributed by atoms with E-state index in [1.807, 2.05) is 25.1 Å². The Morgan fingerprint density at radius 2 is 1.91 bits per heavy atom. The molecule has 124 valence electrons. The number of aliphatic imine (C=N–C) groups is 1. The number of guanidine groups is 1. The lowest BCUT2D eigenvalue weighted by Crippen LogP contribution is -2.37. The number of alkyl halides is 3. The number of rotatable bonds is 7. The molecule has 0 saturated heterocycles. The second-order valence-electron chi connectivity index (χ2n) is 4.79. The molecule has 0 amide bonds. The van der Waals surface area contributed by atoms with Crippen molar-refractivity contribution in [3.05, 3.63) is 34.9 Å². The minimum absolute atomic E-state index is 0.112. The molecule has 0 spiro atoms. The van der Waals surface area contributed by atoms with Crippen LogP contribution >= 0.6 is 11.6 Å². The maximum atomic E-state index is 12.0. The fourth-order valence-electron chi connectivity index (χ4n) is 1.79. The van der Waals surface area contributed by atoms with Gasteiger partial charge in [0.1, 0.15) is 0 Å². The van der Waals surface area contributed by atoms with Crippen LogP contribution in [0.4, 0.5) is 13.2 Å². The van der Waals surface area contributed by atoms with Crippen molar-refractivity contribution in [3.63, 3.8) is 0 Å². The summed E-state index contributed by atoms with van der Waals surface area (Å²) in [4.78, 5) is 4.38. The van der Waals surface area contributed by atoms with Gasteiger partial charge >= 0.3 is 6.18 Å². The molecule has 7 heteroatoms. The molecular weight excluding hydrogens is 315 g/mol. The van der Waals surface area contributed by atoms with Gasteiger partial charge in [-0.15, -0.1) is 0 Å². The summed E-state index contributed by atoms with van der Waals surface area (Å²) >= 11 is 6.06. The minimum Gasteiger partial charge on any atom is -0.357 e. The topological polar surface area (TPSA) is 36.4 Å². The van der Waals surface area contributed by atoms with E-state index in [0.717, 1.165) is 5.56 Å². The van der Waals surface area contributed by atoms with Crippen molar-refractivity contribution in [3.8, 4) is 0 Å². The van der Waals surface area contributed by atoms with E-state index in [-0.39, 0.29) is 6.42 Å². The van der Waals surface area contributed by atoms with Gasteiger partial charge in [-0.05, 0) is 31.4 Å². The molecule has 0 bridgehead atoms. The smallest absolute Gasteiger partial charge is 0.357 e. The lowest BCUT2D eigenvalue weighted by atomic mass is 10.2.